The molecule has 3 aliphatic rings. The van der Waals surface area contributed by atoms with Crippen LogP contribution in [0.4, 0.5) is 0 Å². The number of carbonyl (C=O) groups excluding carboxylic acids is 3. The molecule has 0 aromatic rings. The first-order valence-corrected chi connectivity index (χ1v) is 8.47. The second-order valence-corrected chi connectivity index (χ2v) is 6.97. The van der Waals surface area contributed by atoms with E-state index >= 15 is 0 Å². The van der Waals surface area contributed by atoms with Gasteiger partial charge in [-0.25, -0.2) is 0 Å². The van der Waals surface area contributed by atoms with E-state index < -0.39 is 34.9 Å². The van der Waals surface area contributed by atoms with Crippen LogP contribution in [-0.4, -0.2) is 43.6 Å². The minimum atomic E-state index is -1.39. The van der Waals surface area contributed by atoms with Crippen LogP contribution in [0.15, 0.2) is 12.7 Å². The maximum Gasteiger partial charge on any atom is 0.320 e. The molecule has 2 aliphatic carbocycles. The number of ketones is 2. The van der Waals surface area contributed by atoms with E-state index in [4.69, 9.17) is 14.2 Å². The fraction of sp³-hybridized carbons (Fsp3) is 0.722. The zero-order valence-electron chi connectivity index (χ0n) is 14.2. The van der Waals surface area contributed by atoms with Crippen molar-refractivity contribution in [3.63, 3.8) is 0 Å². The SMILES string of the molecule is C=CC[C@@H]1C(=O)C[C@H](C)[C@@]2(C(=O)OC)C(=O)CCC3(OCCO3)[C@@H]12. The summed E-state index contributed by atoms with van der Waals surface area (Å²) < 4.78 is 16.9. The minimum Gasteiger partial charge on any atom is -0.468 e. The smallest absolute Gasteiger partial charge is 0.320 e. The van der Waals surface area contributed by atoms with Crippen LogP contribution in [0.1, 0.15) is 32.6 Å². The monoisotopic (exact) mass is 336 g/mol. The fourth-order valence-corrected chi connectivity index (χ4v) is 5.03. The molecule has 0 radical (unpaired) electrons. The van der Waals surface area contributed by atoms with Gasteiger partial charge < -0.3 is 14.2 Å². The van der Waals surface area contributed by atoms with Gasteiger partial charge in [-0.15, -0.1) is 6.58 Å². The molecule has 1 saturated heterocycles. The highest BCUT2D eigenvalue weighted by molar-refractivity contribution is 6.07. The molecule has 0 aromatic carbocycles. The molecule has 0 bridgehead atoms. The van der Waals surface area contributed by atoms with Gasteiger partial charge in [0, 0.05) is 31.1 Å². The molecular weight excluding hydrogens is 312 g/mol. The predicted molar refractivity (Wildman–Crippen MR) is 83.9 cm³/mol. The Morgan fingerprint density at radius 3 is 2.62 bits per heavy atom. The third-order valence-electron chi connectivity index (χ3n) is 5.95. The molecule has 0 amide bonds. The number of hydrogen-bond acceptors (Lipinski definition) is 6. The van der Waals surface area contributed by atoms with Gasteiger partial charge in [-0.05, 0) is 12.3 Å². The third kappa shape index (κ3) is 2.12. The van der Waals surface area contributed by atoms with E-state index in [0.717, 1.165) is 0 Å². The zero-order chi connectivity index (χ0) is 17.5. The van der Waals surface area contributed by atoms with Crippen molar-refractivity contribution < 1.29 is 28.6 Å². The molecule has 1 spiro atoms. The topological polar surface area (TPSA) is 78.9 Å². The highest BCUT2D eigenvalue weighted by atomic mass is 16.7. The molecule has 2 saturated carbocycles. The van der Waals surface area contributed by atoms with Crippen molar-refractivity contribution in [3.05, 3.63) is 12.7 Å². The van der Waals surface area contributed by atoms with Crippen molar-refractivity contribution >= 4 is 17.5 Å². The van der Waals surface area contributed by atoms with Gasteiger partial charge in [0.05, 0.1) is 20.3 Å². The van der Waals surface area contributed by atoms with E-state index in [1.165, 1.54) is 7.11 Å². The predicted octanol–water partition coefficient (Wildman–Crippen LogP) is 1.67. The summed E-state index contributed by atoms with van der Waals surface area (Å²) in [5.74, 6) is -3.43. The number of Topliss-reactive ketones (excluding diaryl/α,β-unsaturated/α-hetero) is 2. The van der Waals surface area contributed by atoms with E-state index in [9.17, 15) is 14.4 Å². The van der Waals surface area contributed by atoms with E-state index in [-0.39, 0.29) is 24.4 Å². The third-order valence-corrected chi connectivity index (χ3v) is 5.95. The molecule has 24 heavy (non-hydrogen) atoms. The Morgan fingerprint density at radius 1 is 1.38 bits per heavy atom. The zero-order valence-corrected chi connectivity index (χ0v) is 14.2. The van der Waals surface area contributed by atoms with Crippen molar-refractivity contribution in [2.24, 2.45) is 23.2 Å². The molecule has 0 N–H and O–H groups in total. The van der Waals surface area contributed by atoms with Crippen LogP contribution in [0, 0.1) is 23.2 Å². The standard InChI is InChI=1S/C18H24O6/c1-4-5-12-13(19)10-11(2)18(16(21)22-3)14(20)6-7-17(15(12)18)23-8-9-24-17/h4,11-12,15H,1,5-10H2,2-3H3/t11-,12+,15+,18+/m0/s1. The summed E-state index contributed by atoms with van der Waals surface area (Å²) in [5, 5.41) is 0. The Morgan fingerprint density at radius 2 is 2.04 bits per heavy atom. The second-order valence-electron chi connectivity index (χ2n) is 6.97. The Balaban J connectivity index is 2.21. The molecule has 4 atom stereocenters. The molecule has 6 heteroatoms. The van der Waals surface area contributed by atoms with E-state index in [0.29, 0.717) is 26.1 Å². The number of ether oxygens (including phenoxy) is 3. The summed E-state index contributed by atoms with van der Waals surface area (Å²) in [5.41, 5.74) is -1.39. The van der Waals surface area contributed by atoms with Crippen molar-refractivity contribution in [3.8, 4) is 0 Å². The van der Waals surface area contributed by atoms with Crippen LogP contribution in [0.5, 0.6) is 0 Å². The minimum absolute atomic E-state index is 0.0279. The van der Waals surface area contributed by atoms with Gasteiger partial charge in [-0.1, -0.05) is 13.0 Å². The fourth-order valence-electron chi connectivity index (χ4n) is 5.03. The van der Waals surface area contributed by atoms with Gasteiger partial charge in [0.1, 0.15) is 11.2 Å². The Hall–Kier alpha value is -1.53. The van der Waals surface area contributed by atoms with E-state index in [1.54, 1.807) is 13.0 Å². The van der Waals surface area contributed by atoms with Gasteiger partial charge in [-0.3, -0.25) is 14.4 Å². The Kier molecular flexibility index (Phi) is 4.38. The average molecular weight is 336 g/mol. The number of fused-ring (bicyclic) bond motifs is 2. The van der Waals surface area contributed by atoms with Crippen LogP contribution in [0.2, 0.25) is 0 Å². The Labute approximate surface area is 141 Å². The largest absolute Gasteiger partial charge is 0.468 e. The molecular formula is C18H24O6. The first-order chi connectivity index (χ1) is 11.4. The average Bonchev–Trinajstić information content (AvgIpc) is 3.02. The van der Waals surface area contributed by atoms with Gasteiger partial charge in [0.15, 0.2) is 11.6 Å². The van der Waals surface area contributed by atoms with Gasteiger partial charge in [0.25, 0.3) is 0 Å². The van der Waals surface area contributed by atoms with Gasteiger partial charge >= 0.3 is 5.97 Å². The van der Waals surface area contributed by atoms with Crippen LogP contribution in [0.25, 0.3) is 0 Å². The first-order valence-electron chi connectivity index (χ1n) is 8.47. The normalized spacial score (nSPS) is 38.0. The highest BCUT2D eigenvalue weighted by Crippen LogP contribution is 2.59. The molecule has 3 fully saturated rings. The lowest BCUT2D eigenvalue weighted by atomic mass is 9.48. The van der Waals surface area contributed by atoms with Crippen molar-refractivity contribution in [2.75, 3.05) is 20.3 Å². The summed E-state index contributed by atoms with van der Waals surface area (Å²) in [6.07, 6.45) is 2.76. The lowest BCUT2D eigenvalue weighted by molar-refractivity contribution is -0.262. The summed E-state index contributed by atoms with van der Waals surface area (Å²) in [7, 11) is 1.28. The van der Waals surface area contributed by atoms with Gasteiger partial charge in [-0.2, -0.15) is 0 Å². The maximum absolute atomic E-state index is 13.0. The number of esters is 1. The summed E-state index contributed by atoms with van der Waals surface area (Å²) in [6.45, 7) is 6.30. The number of rotatable bonds is 3. The van der Waals surface area contributed by atoms with Crippen molar-refractivity contribution in [1.82, 2.24) is 0 Å². The van der Waals surface area contributed by atoms with Gasteiger partial charge in [0.2, 0.25) is 0 Å². The molecule has 1 heterocycles. The first kappa shape index (κ1) is 17.3. The van der Waals surface area contributed by atoms with E-state index in [1.807, 2.05) is 0 Å². The quantitative estimate of drug-likeness (QED) is 0.443. The molecule has 0 aromatic heterocycles. The maximum atomic E-state index is 13.0. The lowest BCUT2D eigenvalue weighted by Gasteiger charge is -2.56. The Bertz CT molecular complexity index is 566. The second kappa shape index (κ2) is 6.08. The van der Waals surface area contributed by atoms with Crippen molar-refractivity contribution in [1.29, 1.82) is 0 Å². The van der Waals surface area contributed by atoms with Crippen molar-refractivity contribution in [2.45, 2.75) is 38.4 Å². The highest BCUT2D eigenvalue weighted by Gasteiger charge is 2.71. The van der Waals surface area contributed by atoms with Crippen LogP contribution in [-0.2, 0) is 28.6 Å². The molecule has 0 unspecified atom stereocenters. The summed E-state index contributed by atoms with van der Waals surface area (Å²) in [6, 6.07) is 0. The summed E-state index contributed by atoms with van der Waals surface area (Å²) in [4.78, 5) is 38.6. The number of methoxy groups -OCH3 is 1. The van der Waals surface area contributed by atoms with Crippen LogP contribution >= 0.6 is 0 Å². The van der Waals surface area contributed by atoms with E-state index in [2.05, 4.69) is 6.58 Å². The molecule has 132 valence electrons. The lowest BCUT2D eigenvalue weighted by Crippen LogP contribution is -2.68. The van der Waals surface area contributed by atoms with Crippen LogP contribution in [0.3, 0.4) is 0 Å². The number of hydrogen-bond donors (Lipinski definition) is 0. The van der Waals surface area contributed by atoms with Crippen LogP contribution < -0.4 is 0 Å². The summed E-state index contributed by atoms with van der Waals surface area (Å²) >= 11 is 0. The molecule has 3 rings (SSSR count). The molecule has 1 aliphatic heterocycles. The molecule has 6 nitrogen and oxygen atoms in total. The number of allylic oxidation sites excluding steroid dienone is 1. The number of carbonyl (C=O) groups is 3.